The fourth-order valence-corrected chi connectivity index (χ4v) is 4.23. The normalized spacial score (nSPS) is 16.1. The third kappa shape index (κ3) is 3.57. The van der Waals surface area contributed by atoms with Crippen molar-refractivity contribution in [3.8, 4) is 5.69 Å². The Hall–Kier alpha value is -3.82. The van der Waals surface area contributed by atoms with Gasteiger partial charge < -0.3 is 4.90 Å². The van der Waals surface area contributed by atoms with Crippen molar-refractivity contribution >= 4 is 22.6 Å². The van der Waals surface area contributed by atoms with E-state index in [1.165, 1.54) is 27.8 Å². The van der Waals surface area contributed by atoms with E-state index in [9.17, 15) is 19.7 Å². The lowest BCUT2D eigenvalue weighted by Gasteiger charge is -2.28. The molecule has 0 N–H and O–H groups in total. The molecule has 32 heavy (non-hydrogen) atoms. The van der Waals surface area contributed by atoms with Crippen LogP contribution in [0.1, 0.15) is 38.5 Å². The van der Waals surface area contributed by atoms with E-state index in [-0.39, 0.29) is 40.9 Å². The van der Waals surface area contributed by atoms with Gasteiger partial charge in [0.15, 0.2) is 5.65 Å². The molecule has 0 spiro atoms. The monoisotopic (exact) mass is 434 g/mol. The summed E-state index contributed by atoms with van der Waals surface area (Å²) < 4.78 is 2.57. The minimum Gasteiger partial charge on any atom is -0.312 e. The van der Waals surface area contributed by atoms with Gasteiger partial charge in [-0.15, -0.1) is 0 Å². The van der Waals surface area contributed by atoms with Gasteiger partial charge in [0.25, 0.3) is 11.2 Å². The van der Waals surface area contributed by atoms with Crippen molar-refractivity contribution in [1.82, 2.24) is 24.2 Å². The highest BCUT2D eigenvalue weighted by Crippen LogP contribution is 2.34. The van der Waals surface area contributed by atoms with Crippen LogP contribution in [0.5, 0.6) is 0 Å². The van der Waals surface area contributed by atoms with Gasteiger partial charge in [-0.05, 0) is 44.6 Å². The standard InChI is InChI=1S/C22H22N6O4/c29-20(26(16-10-11-16)15-6-2-1-3-7-15)13-25-14-23-21-17(22(25)30)12-24-27(21)18-8-4-5-9-19(18)28(31)32/h4-6,8-9,12,14,16H,1-3,7,10-11,13H2. The Kier molecular flexibility index (Phi) is 5.04. The molecule has 164 valence electrons. The van der Waals surface area contributed by atoms with Crippen LogP contribution in [0.2, 0.25) is 0 Å². The van der Waals surface area contributed by atoms with Crippen molar-refractivity contribution in [1.29, 1.82) is 0 Å². The lowest BCUT2D eigenvalue weighted by molar-refractivity contribution is -0.384. The average Bonchev–Trinajstić information content (AvgIpc) is 3.53. The Balaban J connectivity index is 1.47. The minimum atomic E-state index is -0.505. The van der Waals surface area contributed by atoms with Crippen LogP contribution in [0.4, 0.5) is 5.69 Å². The van der Waals surface area contributed by atoms with E-state index in [4.69, 9.17) is 0 Å². The first kappa shape index (κ1) is 20.1. The molecule has 5 rings (SSSR count). The highest BCUT2D eigenvalue weighted by molar-refractivity contribution is 5.80. The largest absolute Gasteiger partial charge is 0.312 e. The number of nitro groups is 1. The second-order valence-electron chi connectivity index (χ2n) is 8.15. The Bertz CT molecular complexity index is 1300. The predicted molar refractivity (Wildman–Crippen MR) is 116 cm³/mol. The van der Waals surface area contributed by atoms with Gasteiger partial charge >= 0.3 is 0 Å². The number of para-hydroxylation sites is 2. The number of hydrogen-bond acceptors (Lipinski definition) is 6. The van der Waals surface area contributed by atoms with Crippen LogP contribution in [0.25, 0.3) is 16.7 Å². The van der Waals surface area contributed by atoms with Crippen molar-refractivity contribution in [2.24, 2.45) is 0 Å². The molecule has 1 amide bonds. The molecule has 0 unspecified atom stereocenters. The molecule has 10 nitrogen and oxygen atoms in total. The summed E-state index contributed by atoms with van der Waals surface area (Å²) in [6, 6.07) is 6.36. The van der Waals surface area contributed by atoms with Crippen molar-refractivity contribution in [3.63, 3.8) is 0 Å². The molecule has 0 saturated heterocycles. The van der Waals surface area contributed by atoms with Crippen LogP contribution < -0.4 is 5.56 Å². The first-order valence-corrected chi connectivity index (χ1v) is 10.7. The molecule has 2 aromatic heterocycles. The van der Waals surface area contributed by atoms with Gasteiger partial charge in [0.2, 0.25) is 5.91 Å². The smallest absolute Gasteiger partial charge is 0.294 e. The van der Waals surface area contributed by atoms with E-state index in [1.54, 1.807) is 18.2 Å². The van der Waals surface area contributed by atoms with Crippen molar-refractivity contribution < 1.29 is 9.72 Å². The number of allylic oxidation sites excluding steroid dienone is 2. The summed E-state index contributed by atoms with van der Waals surface area (Å²) in [7, 11) is 0. The molecule has 0 radical (unpaired) electrons. The second kappa shape index (κ2) is 8.03. The molecule has 2 heterocycles. The molecule has 2 aliphatic carbocycles. The number of rotatable bonds is 6. The van der Waals surface area contributed by atoms with Crippen molar-refractivity contribution in [3.05, 3.63) is 69.0 Å². The van der Waals surface area contributed by atoms with Gasteiger partial charge in [-0.25, -0.2) is 9.67 Å². The van der Waals surface area contributed by atoms with E-state index >= 15 is 0 Å². The maximum Gasteiger partial charge on any atom is 0.294 e. The number of carbonyl (C=O) groups excluding carboxylic acids is 1. The maximum absolute atomic E-state index is 13.1. The van der Waals surface area contributed by atoms with Crippen LogP contribution in [0.15, 0.2) is 53.4 Å². The zero-order valence-electron chi connectivity index (χ0n) is 17.4. The molecule has 1 fully saturated rings. The fourth-order valence-electron chi connectivity index (χ4n) is 4.23. The second-order valence-corrected chi connectivity index (χ2v) is 8.15. The van der Waals surface area contributed by atoms with E-state index in [2.05, 4.69) is 16.2 Å². The number of carbonyl (C=O) groups is 1. The van der Waals surface area contributed by atoms with Crippen molar-refractivity contribution in [2.45, 2.75) is 51.1 Å². The number of benzene rings is 1. The summed E-state index contributed by atoms with van der Waals surface area (Å²) in [5.41, 5.74) is 0.954. The Morgan fingerprint density at radius 2 is 2.06 bits per heavy atom. The van der Waals surface area contributed by atoms with E-state index in [0.29, 0.717) is 0 Å². The van der Waals surface area contributed by atoms with Crippen LogP contribution in [0, 0.1) is 10.1 Å². The van der Waals surface area contributed by atoms with Crippen LogP contribution in [-0.2, 0) is 11.3 Å². The number of hydrogen-bond donors (Lipinski definition) is 0. The third-order valence-corrected chi connectivity index (χ3v) is 5.92. The maximum atomic E-state index is 13.1. The first-order chi connectivity index (χ1) is 15.5. The highest BCUT2D eigenvalue weighted by Gasteiger charge is 2.35. The van der Waals surface area contributed by atoms with Gasteiger partial charge in [0.1, 0.15) is 23.9 Å². The molecule has 10 heteroatoms. The van der Waals surface area contributed by atoms with Crippen LogP contribution >= 0.6 is 0 Å². The zero-order chi connectivity index (χ0) is 22.2. The van der Waals surface area contributed by atoms with Gasteiger partial charge in [0, 0.05) is 17.8 Å². The number of aromatic nitrogens is 4. The predicted octanol–water partition coefficient (Wildman–Crippen LogP) is 2.94. The molecular formula is C22H22N6O4. The molecule has 1 saturated carbocycles. The minimum absolute atomic E-state index is 0.105. The quantitative estimate of drug-likeness (QED) is 0.435. The van der Waals surface area contributed by atoms with Gasteiger partial charge in [-0.2, -0.15) is 5.10 Å². The third-order valence-electron chi connectivity index (χ3n) is 5.92. The zero-order valence-corrected chi connectivity index (χ0v) is 17.4. The summed E-state index contributed by atoms with van der Waals surface area (Å²) in [4.78, 5) is 43.3. The van der Waals surface area contributed by atoms with E-state index in [0.717, 1.165) is 44.2 Å². The topological polar surface area (TPSA) is 116 Å². The Labute approximate surface area is 182 Å². The summed E-state index contributed by atoms with van der Waals surface area (Å²) in [6.07, 6.45) is 10.8. The summed E-state index contributed by atoms with van der Waals surface area (Å²) in [5.74, 6) is -0.116. The van der Waals surface area contributed by atoms with Gasteiger partial charge in [-0.1, -0.05) is 18.2 Å². The molecule has 0 bridgehead atoms. The number of nitro benzene ring substituents is 1. The van der Waals surface area contributed by atoms with Crippen molar-refractivity contribution in [2.75, 3.05) is 0 Å². The lowest BCUT2D eigenvalue weighted by atomic mass is 10.0. The molecule has 2 aliphatic rings. The lowest BCUT2D eigenvalue weighted by Crippen LogP contribution is -2.38. The number of fused-ring (bicyclic) bond motifs is 1. The summed E-state index contributed by atoms with van der Waals surface area (Å²) in [5, 5.41) is 15.8. The molecular weight excluding hydrogens is 412 g/mol. The molecule has 3 aromatic rings. The fraction of sp³-hybridized carbons (Fsp3) is 0.364. The first-order valence-electron chi connectivity index (χ1n) is 10.7. The average molecular weight is 434 g/mol. The Morgan fingerprint density at radius 3 is 2.78 bits per heavy atom. The SMILES string of the molecule is O=C(Cn1cnc2c(cnn2-c2ccccc2[N+](=O)[O-])c1=O)N(C1=CCCCC1)C1CC1. The summed E-state index contributed by atoms with van der Waals surface area (Å²) >= 11 is 0. The number of nitrogens with zero attached hydrogens (tertiary/aromatic N) is 6. The highest BCUT2D eigenvalue weighted by atomic mass is 16.6. The molecule has 0 atom stereocenters. The Morgan fingerprint density at radius 1 is 1.25 bits per heavy atom. The van der Waals surface area contributed by atoms with E-state index < -0.39 is 10.5 Å². The molecule has 0 aliphatic heterocycles. The van der Waals surface area contributed by atoms with Crippen LogP contribution in [0.3, 0.4) is 0 Å². The van der Waals surface area contributed by atoms with Crippen LogP contribution in [-0.4, -0.2) is 41.1 Å². The van der Waals surface area contributed by atoms with Gasteiger partial charge in [0.05, 0.1) is 11.1 Å². The molecule has 1 aromatic carbocycles. The number of amides is 1. The van der Waals surface area contributed by atoms with Gasteiger partial charge in [-0.3, -0.25) is 24.3 Å². The van der Waals surface area contributed by atoms with E-state index in [1.807, 2.05) is 4.90 Å². The summed E-state index contributed by atoms with van der Waals surface area (Å²) in [6.45, 7) is -0.105.